The maximum atomic E-state index is 12.4. The van der Waals surface area contributed by atoms with Crippen LogP contribution in [-0.2, 0) is 0 Å². The first-order valence-electron chi connectivity index (χ1n) is 8.91. The molecule has 1 aliphatic heterocycles. The minimum atomic E-state index is -0.497. The second kappa shape index (κ2) is 8.99. The summed E-state index contributed by atoms with van der Waals surface area (Å²) in [4.78, 5) is 21.2. The summed E-state index contributed by atoms with van der Waals surface area (Å²) in [6, 6.07) is 3.56. The molecule has 1 amide bonds. The molecule has 134 valence electrons. The standard InChI is InChI=1S/C18H30N4O2/c1-4-14(5-2)16(23)13-20-18(24)15-6-7-19-17(12-15)22-10-8-21(3)9-11-22/h6-7,12,14,16,23H,4-5,8-11,13H2,1-3H3,(H,20,24). The number of carbonyl (C=O) groups is 1. The highest BCUT2D eigenvalue weighted by atomic mass is 16.3. The normalized spacial score (nSPS) is 17.1. The topological polar surface area (TPSA) is 68.7 Å². The summed E-state index contributed by atoms with van der Waals surface area (Å²) in [5.74, 6) is 0.915. The lowest BCUT2D eigenvalue weighted by atomic mass is 9.96. The van der Waals surface area contributed by atoms with Crippen LogP contribution >= 0.6 is 0 Å². The fourth-order valence-corrected chi connectivity index (χ4v) is 3.07. The largest absolute Gasteiger partial charge is 0.391 e. The van der Waals surface area contributed by atoms with Crippen LogP contribution in [0, 0.1) is 5.92 Å². The number of aromatic nitrogens is 1. The lowest BCUT2D eigenvalue weighted by Gasteiger charge is -2.33. The smallest absolute Gasteiger partial charge is 0.251 e. The van der Waals surface area contributed by atoms with Crippen molar-refractivity contribution in [2.45, 2.75) is 32.8 Å². The van der Waals surface area contributed by atoms with Gasteiger partial charge in [0.25, 0.3) is 5.91 Å². The van der Waals surface area contributed by atoms with Gasteiger partial charge in [0.05, 0.1) is 6.10 Å². The second-order valence-electron chi connectivity index (χ2n) is 6.55. The molecule has 0 saturated carbocycles. The SMILES string of the molecule is CCC(CC)C(O)CNC(=O)c1ccnc(N2CCN(C)CC2)c1. The molecule has 0 spiro atoms. The highest BCUT2D eigenvalue weighted by molar-refractivity contribution is 5.94. The third-order valence-corrected chi connectivity index (χ3v) is 4.90. The second-order valence-corrected chi connectivity index (χ2v) is 6.55. The van der Waals surface area contributed by atoms with E-state index in [1.807, 2.05) is 6.07 Å². The molecule has 1 aliphatic rings. The van der Waals surface area contributed by atoms with Crippen molar-refractivity contribution >= 4 is 11.7 Å². The number of rotatable bonds is 7. The van der Waals surface area contributed by atoms with Gasteiger partial charge in [-0.25, -0.2) is 4.98 Å². The fraction of sp³-hybridized carbons (Fsp3) is 0.667. The van der Waals surface area contributed by atoms with Gasteiger partial charge in [-0.15, -0.1) is 0 Å². The van der Waals surface area contributed by atoms with Crippen molar-refractivity contribution < 1.29 is 9.90 Å². The molecule has 1 aromatic heterocycles. The number of likely N-dealkylation sites (N-methyl/N-ethyl adjacent to an activating group) is 1. The first-order valence-corrected chi connectivity index (χ1v) is 8.91. The zero-order valence-corrected chi connectivity index (χ0v) is 15.0. The Bertz CT molecular complexity index is 526. The Morgan fingerprint density at radius 2 is 1.96 bits per heavy atom. The number of nitrogens with zero attached hydrogens (tertiary/aromatic N) is 3. The Balaban J connectivity index is 1.94. The van der Waals surface area contributed by atoms with Gasteiger partial charge in [-0.3, -0.25) is 4.79 Å². The molecule has 1 aromatic rings. The van der Waals surface area contributed by atoms with Crippen LogP contribution in [-0.4, -0.2) is 66.8 Å². The molecule has 1 fully saturated rings. The molecule has 24 heavy (non-hydrogen) atoms. The summed E-state index contributed by atoms with van der Waals surface area (Å²) < 4.78 is 0. The lowest BCUT2D eigenvalue weighted by Crippen LogP contribution is -2.44. The maximum absolute atomic E-state index is 12.4. The van der Waals surface area contributed by atoms with E-state index < -0.39 is 6.10 Å². The van der Waals surface area contributed by atoms with E-state index in [9.17, 15) is 9.90 Å². The van der Waals surface area contributed by atoms with Crippen LogP contribution in [0.5, 0.6) is 0 Å². The summed E-state index contributed by atoms with van der Waals surface area (Å²) >= 11 is 0. The Labute approximate surface area is 144 Å². The number of nitrogens with one attached hydrogen (secondary N) is 1. The number of hydrogen-bond donors (Lipinski definition) is 2. The van der Waals surface area contributed by atoms with Crippen LogP contribution in [0.25, 0.3) is 0 Å². The first-order chi connectivity index (χ1) is 11.5. The predicted octanol–water partition coefficient (Wildman–Crippen LogP) is 1.36. The van der Waals surface area contributed by atoms with E-state index in [1.165, 1.54) is 0 Å². The van der Waals surface area contributed by atoms with Gasteiger partial charge in [-0.1, -0.05) is 26.7 Å². The van der Waals surface area contributed by atoms with Crippen LogP contribution < -0.4 is 10.2 Å². The molecule has 2 rings (SSSR count). The molecule has 0 radical (unpaired) electrons. The van der Waals surface area contributed by atoms with E-state index in [0.717, 1.165) is 44.8 Å². The number of amides is 1. The van der Waals surface area contributed by atoms with E-state index in [4.69, 9.17) is 0 Å². The third kappa shape index (κ3) is 4.92. The number of hydrogen-bond acceptors (Lipinski definition) is 5. The molecule has 0 aromatic carbocycles. The molecule has 6 nitrogen and oxygen atoms in total. The third-order valence-electron chi connectivity index (χ3n) is 4.90. The average Bonchev–Trinajstić information content (AvgIpc) is 2.61. The molecule has 1 saturated heterocycles. The van der Waals surface area contributed by atoms with E-state index >= 15 is 0 Å². The van der Waals surface area contributed by atoms with Crippen LogP contribution in [0.3, 0.4) is 0 Å². The Morgan fingerprint density at radius 1 is 1.29 bits per heavy atom. The molecule has 1 atom stereocenters. The quantitative estimate of drug-likeness (QED) is 0.788. The van der Waals surface area contributed by atoms with Gasteiger partial charge in [0.15, 0.2) is 0 Å². The fourth-order valence-electron chi connectivity index (χ4n) is 3.07. The Kier molecular flexibility index (Phi) is 6.99. The van der Waals surface area contributed by atoms with Crippen molar-refractivity contribution in [3.63, 3.8) is 0 Å². The summed E-state index contributed by atoms with van der Waals surface area (Å²) in [6.07, 6.45) is 3.01. The van der Waals surface area contributed by atoms with Gasteiger partial charge in [0.2, 0.25) is 0 Å². The lowest BCUT2D eigenvalue weighted by molar-refractivity contribution is 0.0816. The van der Waals surface area contributed by atoms with Crippen molar-refractivity contribution in [2.24, 2.45) is 5.92 Å². The number of aliphatic hydroxyl groups excluding tert-OH is 1. The van der Waals surface area contributed by atoms with Gasteiger partial charge in [0.1, 0.15) is 5.82 Å². The molecule has 1 unspecified atom stereocenters. The number of anilines is 1. The van der Waals surface area contributed by atoms with Crippen molar-refractivity contribution in [1.29, 1.82) is 0 Å². The van der Waals surface area contributed by atoms with Crippen molar-refractivity contribution in [2.75, 3.05) is 44.7 Å². The van der Waals surface area contributed by atoms with Gasteiger partial charge in [-0.05, 0) is 25.1 Å². The molecule has 0 bridgehead atoms. The monoisotopic (exact) mass is 334 g/mol. The number of aliphatic hydroxyl groups is 1. The molecule has 2 heterocycles. The summed E-state index contributed by atoms with van der Waals surface area (Å²) in [5.41, 5.74) is 0.593. The Hall–Kier alpha value is -1.66. The van der Waals surface area contributed by atoms with E-state index in [-0.39, 0.29) is 18.4 Å². The number of piperazine rings is 1. The zero-order chi connectivity index (χ0) is 17.5. The van der Waals surface area contributed by atoms with Gasteiger partial charge in [0, 0.05) is 44.5 Å². The van der Waals surface area contributed by atoms with Gasteiger partial charge >= 0.3 is 0 Å². The summed E-state index contributed by atoms with van der Waals surface area (Å²) in [6.45, 7) is 8.25. The highest BCUT2D eigenvalue weighted by Gasteiger charge is 2.19. The molecular weight excluding hydrogens is 304 g/mol. The van der Waals surface area contributed by atoms with E-state index in [1.54, 1.807) is 12.3 Å². The van der Waals surface area contributed by atoms with E-state index in [0.29, 0.717) is 5.56 Å². The molecule has 2 N–H and O–H groups in total. The highest BCUT2D eigenvalue weighted by Crippen LogP contribution is 2.15. The molecule has 6 heteroatoms. The number of pyridine rings is 1. The minimum Gasteiger partial charge on any atom is -0.391 e. The molecule has 0 aliphatic carbocycles. The summed E-state index contributed by atoms with van der Waals surface area (Å²) in [5, 5.41) is 13.0. The zero-order valence-electron chi connectivity index (χ0n) is 15.0. The minimum absolute atomic E-state index is 0.155. The van der Waals surface area contributed by atoms with Crippen molar-refractivity contribution in [1.82, 2.24) is 15.2 Å². The Morgan fingerprint density at radius 3 is 2.58 bits per heavy atom. The first kappa shape index (κ1) is 18.7. The van der Waals surface area contributed by atoms with Crippen molar-refractivity contribution in [3.05, 3.63) is 23.9 Å². The van der Waals surface area contributed by atoms with Gasteiger partial charge in [-0.2, -0.15) is 0 Å². The maximum Gasteiger partial charge on any atom is 0.251 e. The predicted molar refractivity (Wildman–Crippen MR) is 96.4 cm³/mol. The van der Waals surface area contributed by atoms with Crippen LogP contribution in [0.15, 0.2) is 18.3 Å². The van der Waals surface area contributed by atoms with Gasteiger partial charge < -0.3 is 20.2 Å². The average molecular weight is 334 g/mol. The van der Waals surface area contributed by atoms with Crippen molar-refractivity contribution in [3.8, 4) is 0 Å². The van der Waals surface area contributed by atoms with Crippen LogP contribution in [0.4, 0.5) is 5.82 Å². The van der Waals surface area contributed by atoms with Crippen LogP contribution in [0.1, 0.15) is 37.0 Å². The number of carbonyl (C=O) groups excluding carboxylic acids is 1. The molecular formula is C18H30N4O2. The van der Waals surface area contributed by atoms with Crippen LogP contribution in [0.2, 0.25) is 0 Å². The van der Waals surface area contributed by atoms with E-state index in [2.05, 4.69) is 41.0 Å². The summed E-state index contributed by atoms with van der Waals surface area (Å²) in [7, 11) is 2.11.